The van der Waals surface area contributed by atoms with E-state index in [4.69, 9.17) is 8.83 Å². The van der Waals surface area contributed by atoms with Crippen molar-refractivity contribution in [3.8, 4) is 0 Å². The van der Waals surface area contributed by atoms with Gasteiger partial charge in [-0.25, -0.2) is 4.98 Å². The van der Waals surface area contributed by atoms with E-state index in [9.17, 15) is 4.79 Å². The first-order chi connectivity index (χ1) is 9.88. The maximum atomic E-state index is 11.7. The van der Waals surface area contributed by atoms with Gasteiger partial charge in [-0.15, -0.1) is 0 Å². The molecule has 0 aliphatic carbocycles. The van der Waals surface area contributed by atoms with Gasteiger partial charge in [-0.2, -0.15) is 0 Å². The van der Waals surface area contributed by atoms with E-state index in [1.807, 2.05) is 6.92 Å². The number of carbonyl (C=O) groups excluding carboxylic acids is 1. The highest BCUT2D eigenvalue weighted by atomic mass is 16.4. The van der Waals surface area contributed by atoms with Gasteiger partial charge >= 0.3 is 0 Å². The molecule has 2 heterocycles. The van der Waals surface area contributed by atoms with Gasteiger partial charge in [0, 0.05) is 18.4 Å². The topological polar surface area (TPSA) is 68.3 Å². The number of oxazole rings is 1. The van der Waals surface area contributed by atoms with E-state index >= 15 is 0 Å². The summed E-state index contributed by atoms with van der Waals surface area (Å²) in [5.41, 5.74) is 0.841. The molecule has 2 rings (SSSR count). The van der Waals surface area contributed by atoms with Crippen molar-refractivity contribution in [3.63, 3.8) is 0 Å². The van der Waals surface area contributed by atoms with Gasteiger partial charge in [0.15, 0.2) is 11.7 Å². The highest BCUT2D eigenvalue weighted by molar-refractivity contribution is 5.91. The maximum Gasteiger partial charge on any atom is 0.286 e. The number of hydrogen-bond acceptors (Lipinski definition) is 4. The highest BCUT2D eigenvalue weighted by Crippen LogP contribution is 2.24. The zero-order chi connectivity index (χ0) is 15.5. The average Bonchev–Trinajstić information content (AvgIpc) is 3.03. The van der Waals surface area contributed by atoms with Gasteiger partial charge in [-0.3, -0.25) is 4.79 Å². The normalized spacial score (nSPS) is 11.6. The molecule has 0 aliphatic heterocycles. The number of furan rings is 1. The number of nitrogens with one attached hydrogen (secondary N) is 1. The Morgan fingerprint density at radius 1 is 1.38 bits per heavy atom. The largest absolute Gasteiger partial charge is 0.459 e. The van der Waals surface area contributed by atoms with Crippen LogP contribution in [-0.2, 0) is 11.8 Å². The van der Waals surface area contributed by atoms with Crippen LogP contribution >= 0.6 is 0 Å². The van der Waals surface area contributed by atoms with Crippen LogP contribution in [0.4, 0.5) is 0 Å². The Bertz CT molecular complexity index is 592. The minimum absolute atomic E-state index is 0.0868. The number of nitrogens with zero attached hydrogens (tertiary/aromatic N) is 1. The first kappa shape index (κ1) is 15.4. The summed E-state index contributed by atoms with van der Waals surface area (Å²) in [4.78, 5) is 16.1. The van der Waals surface area contributed by atoms with Crippen molar-refractivity contribution in [2.45, 2.75) is 46.0 Å². The summed E-state index contributed by atoms with van der Waals surface area (Å²) in [7, 11) is 0. The number of carbonyl (C=O) groups is 1. The molecule has 0 atom stereocenters. The lowest BCUT2D eigenvalue weighted by molar-refractivity contribution is 0.0925. The molecular weight excluding hydrogens is 268 g/mol. The second-order valence-corrected chi connectivity index (χ2v) is 6.11. The van der Waals surface area contributed by atoms with Crippen molar-refractivity contribution in [3.05, 3.63) is 41.5 Å². The van der Waals surface area contributed by atoms with E-state index in [2.05, 4.69) is 31.1 Å². The lowest BCUT2D eigenvalue weighted by atomic mass is 9.97. The van der Waals surface area contributed by atoms with Crippen LogP contribution < -0.4 is 5.32 Å². The lowest BCUT2D eigenvalue weighted by Gasteiger charge is -2.12. The first-order valence-corrected chi connectivity index (χ1v) is 7.16. The van der Waals surface area contributed by atoms with E-state index in [0.717, 1.165) is 30.2 Å². The van der Waals surface area contributed by atoms with Crippen LogP contribution in [0.15, 0.2) is 27.2 Å². The molecule has 2 aromatic rings. The number of aromatic nitrogens is 1. The summed E-state index contributed by atoms with van der Waals surface area (Å²) in [5.74, 6) is 1.80. The van der Waals surface area contributed by atoms with E-state index in [-0.39, 0.29) is 11.3 Å². The van der Waals surface area contributed by atoms with Crippen molar-refractivity contribution >= 4 is 5.91 Å². The van der Waals surface area contributed by atoms with Gasteiger partial charge in [0.1, 0.15) is 5.76 Å². The van der Waals surface area contributed by atoms with Crippen LogP contribution in [0.1, 0.15) is 55.1 Å². The quantitative estimate of drug-likeness (QED) is 0.858. The molecule has 0 unspecified atom stereocenters. The standard InChI is InChI=1S/C16H22N2O3/c1-11-12(21-15(18-11)16(2,3)4)7-5-9-17-14(19)13-8-6-10-20-13/h6,8,10H,5,7,9H2,1-4H3,(H,17,19). The molecular formula is C16H22N2O3. The minimum atomic E-state index is -0.190. The third kappa shape index (κ3) is 3.97. The molecule has 1 amide bonds. The Morgan fingerprint density at radius 2 is 2.14 bits per heavy atom. The Morgan fingerprint density at radius 3 is 2.71 bits per heavy atom. The first-order valence-electron chi connectivity index (χ1n) is 7.16. The summed E-state index contributed by atoms with van der Waals surface area (Å²) in [6.45, 7) is 8.75. The Kier molecular flexibility index (Phi) is 4.50. The smallest absolute Gasteiger partial charge is 0.286 e. The van der Waals surface area contributed by atoms with Gasteiger partial charge in [0.05, 0.1) is 12.0 Å². The molecule has 0 saturated heterocycles. The summed E-state index contributed by atoms with van der Waals surface area (Å²) < 4.78 is 10.8. The molecule has 0 spiro atoms. The van der Waals surface area contributed by atoms with Gasteiger partial charge in [0.25, 0.3) is 5.91 Å². The zero-order valence-corrected chi connectivity index (χ0v) is 13.0. The van der Waals surface area contributed by atoms with Crippen LogP contribution in [0.2, 0.25) is 0 Å². The second-order valence-electron chi connectivity index (χ2n) is 6.11. The molecule has 0 aromatic carbocycles. The Labute approximate surface area is 124 Å². The number of aryl methyl sites for hydroxylation is 2. The molecule has 0 aliphatic rings. The number of amides is 1. The molecule has 0 radical (unpaired) electrons. The van der Waals surface area contributed by atoms with Gasteiger partial charge < -0.3 is 14.2 Å². The van der Waals surface area contributed by atoms with Gasteiger partial charge in [-0.05, 0) is 25.5 Å². The van der Waals surface area contributed by atoms with Gasteiger partial charge in [0.2, 0.25) is 0 Å². The molecule has 0 bridgehead atoms. The lowest BCUT2D eigenvalue weighted by Crippen LogP contribution is -2.24. The molecule has 1 N–H and O–H groups in total. The summed E-state index contributed by atoms with van der Waals surface area (Å²) >= 11 is 0. The molecule has 5 heteroatoms. The summed E-state index contributed by atoms with van der Waals surface area (Å²) in [6, 6.07) is 3.34. The third-order valence-electron chi connectivity index (χ3n) is 3.15. The van der Waals surface area contributed by atoms with Crippen LogP contribution in [0.5, 0.6) is 0 Å². The fraction of sp³-hybridized carbons (Fsp3) is 0.500. The monoisotopic (exact) mass is 290 g/mol. The van der Waals surface area contributed by atoms with Crippen molar-refractivity contribution < 1.29 is 13.6 Å². The molecule has 5 nitrogen and oxygen atoms in total. The van der Waals surface area contributed by atoms with Crippen LogP contribution in [0, 0.1) is 6.92 Å². The van der Waals surface area contributed by atoms with Crippen LogP contribution in [0.3, 0.4) is 0 Å². The van der Waals surface area contributed by atoms with E-state index < -0.39 is 0 Å². The SMILES string of the molecule is Cc1nc(C(C)(C)C)oc1CCCNC(=O)c1ccco1. The molecule has 0 saturated carbocycles. The van der Waals surface area contributed by atoms with Crippen molar-refractivity contribution in [1.29, 1.82) is 0 Å². The molecule has 114 valence electrons. The third-order valence-corrected chi connectivity index (χ3v) is 3.15. The highest BCUT2D eigenvalue weighted by Gasteiger charge is 2.22. The Hall–Kier alpha value is -2.04. The summed E-state index contributed by atoms with van der Waals surface area (Å²) in [5, 5.41) is 2.82. The fourth-order valence-corrected chi connectivity index (χ4v) is 1.93. The molecule has 0 fully saturated rings. The maximum absolute atomic E-state index is 11.7. The van der Waals surface area contributed by atoms with Crippen molar-refractivity contribution in [2.75, 3.05) is 6.54 Å². The minimum Gasteiger partial charge on any atom is -0.459 e. The van der Waals surface area contributed by atoms with E-state index in [0.29, 0.717) is 12.3 Å². The number of rotatable bonds is 5. The predicted octanol–water partition coefficient (Wildman–Crippen LogP) is 3.24. The van der Waals surface area contributed by atoms with E-state index in [1.165, 1.54) is 6.26 Å². The van der Waals surface area contributed by atoms with Crippen LogP contribution in [-0.4, -0.2) is 17.4 Å². The van der Waals surface area contributed by atoms with Crippen molar-refractivity contribution in [2.24, 2.45) is 0 Å². The predicted molar refractivity (Wildman–Crippen MR) is 79.3 cm³/mol. The summed E-state index contributed by atoms with van der Waals surface area (Å²) in [6.07, 6.45) is 3.04. The fourth-order valence-electron chi connectivity index (χ4n) is 1.93. The van der Waals surface area contributed by atoms with Crippen LogP contribution in [0.25, 0.3) is 0 Å². The Balaban J connectivity index is 1.81. The van der Waals surface area contributed by atoms with Gasteiger partial charge in [-0.1, -0.05) is 20.8 Å². The second kappa shape index (κ2) is 6.16. The van der Waals surface area contributed by atoms with E-state index in [1.54, 1.807) is 12.1 Å². The molecule has 2 aromatic heterocycles. The number of hydrogen-bond donors (Lipinski definition) is 1. The molecule has 21 heavy (non-hydrogen) atoms. The zero-order valence-electron chi connectivity index (χ0n) is 13.0. The van der Waals surface area contributed by atoms with Crippen molar-refractivity contribution in [1.82, 2.24) is 10.3 Å². The average molecular weight is 290 g/mol.